The molecule has 2 atom stereocenters. The number of rotatable bonds is 3. The van der Waals surface area contributed by atoms with Crippen LogP contribution in [0.3, 0.4) is 0 Å². The van der Waals surface area contributed by atoms with Gasteiger partial charge < -0.3 is 4.74 Å². The van der Waals surface area contributed by atoms with Gasteiger partial charge in [0.2, 0.25) is 5.91 Å². The van der Waals surface area contributed by atoms with Crippen molar-refractivity contribution in [3.05, 3.63) is 0 Å². The zero-order chi connectivity index (χ0) is 9.68. The van der Waals surface area contributed by atoms with Crippen LogP contribution >= 0.6 is 0 Å². The first-order valence-electron chi connectivity index (χ1n) is 4.77. The molecular weight excluding hydrogens is 170 g/mol. The van der Waals surface area contributed by atoms with Gasteiger partial charge in [-0.2, -0.15) is 0 Å². The topological polar surface area (TPSA) is 47.6 Å². The Labute approximate surface area is 78.5 Å². The number of ether oxygens (including phenoxy) is 1. The molecule has 4 heteroatoms. The van der Waals surface area contributed by atoms with Gasteiger partial charge in [0.25, 0.3) is 0 Å². The highest BCUT2D eigenvalue weighted by molar-refractivity contribution is 5.77. The standard InChI is InChI=1S/C9H17NO3/c1-3-13-10-9(11)8-4-5-12-7(2)6-8/h7-8H,3-6H2,1-2H3,(H,10,11). The van der Waals surface area contributed by atoms with Crippen LogP contribution in [0.5, 0.6) is 0 Å². The van der Waals surface area contributed by atoms with E-state index in [4.69, 9.17) is 9.57 Å². The van der Waals surface area contributed by atoms with Gasteiger partial charge in [-0.25, -0.2) is 5.48 Å². The first-order chi connectivity index (χ1) is 6.24. The summed E-state index contributed by atoms with van der Waals surface area (Å²) in [4.78, 5) is 16.3. The van der Waals surface area contributed by atoms with Crippen molar-refractivity contribution in [2.75, 3.05) is 13.2 Å². The van der Waals surface area contributed by atoms with Crippen LogP contribution in [0.2, 0.25) is 0 Å². The minimum atomic E-state index is -0.0167. The molecule has 0 bridgehead atoms. The second-order valence-electron chi connectivity index (χ2n) is 3.30. The predicted molar refractivity (Wildman–Crippen MR) is 47.9 cm³/mol. The van der Waals surface area contributed by atoms with E-state index in [1.54, 1.807) is 0 Å². The van der Waals surface area contributed by atoms with E-state index in [9.17, 15) is 4.79 Å². The summed E-state index contributed by atoms with van der Waals surface area (Å²) in [5.74, 6) is 0.0345. The summed E-state index contributed by atoms with van der Waals surface area (Å²) in [6, 6.07) is 0. The lowest BCUT2D eigenvalue weighted by molar-refractivity contribution is -0.142. The Morgan fingerprint density at radius 3 is 3.08 bits per heavy atom. The molecule has 13 heavy (non-hydrogen) atoms. The van der Waals surface area contributed by atoms with E-state index >= 15 is 0 Å². The summed E-state index contributed by atoms with van der Waals surface area (Å²) in [5.41, 5.74) is 2.43. The molecule has 1 heterocycles. The molecule has 0 aromatic carbocycles. The molecule has 1 amide bonds. The fourth-order valence-electron chi connectivity index (χ4n) is 1.46. The third-order valence-electron chi connectivity index (χ3n) is 2.17. The largest absolute Gasteiger partial charge is 0.378 e. The number of carbonyl (C=O) groups excluding carboxylic acids is 1. The summed E-state index contributed by atoms with van der Waals surface area (Å²) >= 11 is 0. The van der Waals surface area contributed by atoms with Gasteiger partial charge in [-0.1, -0.05) is 0 Å². The average molecular weight is 187 g/mol. The van der Waals surface area contributed by atoms with Crippen LogP contribution in [0.4, 0.5) is 0 Å². The molecule has 1 aliphatic rings. The lowest BCUT2D eigenvalue weighted by atomic mass is 9.96. The van der Waals surface area contributed by atoms with Gasteiger partial charge in [-0.05, 0) is 26.7 Å². The van der Waals surface area contributed by atoms with Gasteiger partial charge in [0.1, 0.15) is 0 Å². The van der Waals surface area contributed by atoms with Crippen molar-refractivity contribution in [1.82, 2.24) is 5.48 Å². The van der Waals surface area contributed by atoms with Gasteiger partial charge in [-0.3, -0.25) is 9.63 Å². The zero-order valence-corrected chi connectivity index (χ0v) is 8.21. The normalized spacial score (nSPS) is 28.5. The maximum Gasteiger partial charge on any atom is 0.246 e. The van der Waals surface area contributed by atoms with Crippen LogP contribution < -0.4 is 5.48 Å². The Morgan fingerprint density at radius 1 is 1.69 bits per heavy atom. The summed E-state index contributed by atoms with van der Waals surface area (Å²) in [7, 11) is 0. The molecule has 76 valence electrons. The summed E-state index contributed by atoms with van der Waals surface area (Å²) < 4.78 is 5.34. The van der Waals surface area contributed by atoms with Gasteiger partial charge >= 0.3 is 0 Å². The van der Waals surface area contributed by atoms with Crippen LogP contribution in [0.15, 0.2) is 0 Å². The first kappa shape index (κ1) is 10.5. The van der Waals surface area contributed by atoms with Crippen LogP contribution in [0.1, 0.15) is 26.7 Å². The molecule has 1 saturated heterocycles. The van der Waals surface area contributed by atoms with Crippen molar-refractivity contribution >= 4 is 5.91 Å². The number of nitrogens with one attached hydrogen (secondary N) is 1. The average Bonchev–Trinajstić information content (AvgIpc) is 2.14. The number of hydrogen-bond donors (Lipinski definition) is 1. The van der Waals surface area contributed by atoms with Crippen molar-refractivity contribution < 1.29 is 14.4 Å². The van der Waals surface area contributed by atoms with Gasteiger partial charge in [0.15, 0.2) is 0 Å². The number of hydrogen-bond acceptors (Lipinski definition) is 3. The van der Waals surface area contributed by atoms with E-state index in [0.717, 1.165) is 12.8 Å². The number of amides is 1. The van der Waals surface area contributed by atoms with E-state index in [-0.39, 0.29) is 17.9 Å². The van der Waals surface area contributed by atoms with Gasteiger partial charge in [0.05, 0.1) is 12.7 Å². The van der Waals surface area contributed by atoms with E-state index in [0.29, 0.717) is 13.2 Å². The first-order valence-corrected chi connectivity index (χ1v) is 4.77. The Bertz CT molecular complexity index is 172. The Hall–Kier alpha value is -0.610. The highest BCUT2D eigenvalue weighted by Crippen LogP contribution is 2.19. The molecule has 1 aliphatic heterocycles. The molecule has 1 fully saturated rings. The molecule has 2 unspecified atom stereocenters. The predicted octanol–water partition coefficient (Wildman–Crippen LogP) is 0.869. The summed E-state index contributed by atoms with van der Waals surface area (Å²) in [6.07, 6.45) is 1.77. The maximum absolute atomic E-state index is 11.4. The molecule has 0 spiro atoms. The summed E-state index contributed by atoms with van der Waals surface area (Å²) in [6.45, 7) is 5.00. The zero-order valence-electron chi connectivity index (χ0n) is 8.21. The van der Waals surface area contributed by atoms with Crippen molar-refractivity contribution in [3.63, 3.8) is 0 Å². The van der Waals surface area contributed by atoms with E-state index in [1.165, 1.54) is 0 Å². The van der Waals surface area contributed by atoms with Crippen LogP contribution in [-0.4, -0.2) is 25.2 Å². The van der Waals surface area contributed by atoms with Crippen LogP contribution in [-0.2, 0) is 14.4 Å². The maximum atomic E-state index is 11.4. The molecular formula is C9H17NO3. The molecule has 1 N–H and O–H groups in total. The molecule has 1 rings (SSSR count). The number of hydroxylamine groups is 1. The lowest BCUT2D eigenvalue weighted by Crippen LogP contribution is -2.36. The van der Waals surface area contributed by atoms with Crippen LogP contribution in [0, 0.1) is 5.92 Å². The van der Waals surface area contributed by atoms with E-state index in [2.05, 4.69) is 5.48 Å². The minimum absolute atomic E-state index is 0.0167. The summed E-state index contributed by atoms with van der Waals surface area (Å²) in [5, 5.41) is 0. The van der Waals surface area contributed by atoms with Crippen molar-refractivity contribution in [2.45, 2.75) is 32.8 Å². The number of carbonyl (C=O) groups is 1. The Balaban J connectivity index is 2.28. The highest BCUT2D eigenvalue weighted by atomic mass is 16.6. The quantitative estimate of drug-likeness (QED) is 0.667. The fourth-order valence-corrected chi connectivity index (χ4v) is 1.46. The third-order valence-corrected chi connectivity index (χ3v) is 2.17. The smallest absolute Gasteiger partial charge is 0.246 e. The SMILES string of the molecule is CCONC(=O)C1CCOC(C)C1. The molecule has 0 radical (unpaired) electrons. The Kier molecular flexibility index (Phi) is 4.18. The minimum Gasteiger partial charge on any atom is -0.378 e. The van der Waals surface area contributed by atoms with E-state index < -0.39 is 0 Å². The van der Waals surface area contributed by atoms with Crippen molar-refractivity contribution in [3.8, 4) is 0 Å². The van der Waals surface area contributed by atoms with Crippen LogP contribution in [0.25, 0.3) is 0 Å². The highest BCUT2D eigenvalue weighted by Gasteiger charge is 2.25. The molecule has 0 aromatic rings. The second-order valence-corrected chi connectivity index (χ2v) is 3.30. The van der Waals surface area contributed by atoms with E-state index in [1.807, 2.05) is 13.8 Å². The lowest BCUT2D eigenvalue weighted by Gasteiger charge is -2.25. The fraction of sp³-hybridized carbons (Fsp3) is 0.889. The molecule has 0 aromatic heterocycles. The van der Waals surface area contributed by atoms with Gasteiger partial charge in [0, 0.05) is 12.5 Å². The molecule has 4 nitrogen and oxygen atoms in total. The molecule has 0 aliphatic carbocycles. The Morgan fingerprint density at radius 2 is 2.46 bits per heavy atom. The van der Waals surface area contributed by atoms with Crippen molar-refractivity contribution in [1.29, 1.82) is 0 Å². The monoisotopic (exact) mass is 187 g/mol. The van der Waals surface area contributed by atoms with Gasteiger partial charge in [-0.15, -0.1) is 0 Å². The third kappa shape index (κ3) is 3.32. The second kappa shape index (κ2) is 5.19. The van der Waals surface area contributed by atoms with Crippen molar-refractivity contribution in [2.24, 2.45) is 5.92 Å². The molecule has 0 saturated carbocycles.